The van der Waals surface area contributed by atoms with E-state index in [0.717, 1.165) is 0 Å². The van der Waals surface area contributed by atoms with Crippen LogP contribution in [0.1, 0.15) is 30.6 Å². The Labute approximate surface area is 130 Å². The van der Waals surface area contributed by atoms with E-state index in [1.165, 1.54) is 6.20 Å². The highest BCUT2D eigenvalue weighted by Gasteiger charge is 2.28. The second-order valence-electron chi connectivity index (χ2n) is 5.83. The Bertz CT molecular complexity index is 499. The maximum absolute atomic E-state index is 12.6. The number of morpholine rings is 1. The summed E-state index contributed by atoms with van der Waals surface area (Å²) in [5, 5.41) is 2.85. The highest BCUT2D eigenvalue weighted by Crippen LogP contribution is 2.10. The molecule has 22 heavy (non-hydrogen) atoms. The number of nitrogens with zero attached hydrogens (tertiary/aromatic N) is 2. The topological polar surface area (TPSA) is 71.5 Å². The zero-order valence-electron chi connectivity index (χ0n) is 13.1. The first-order valence-electron chi connectivity index (χ1n) is 7.65. The lowest BCUT2D eigenvalue weighted by atomic mass is 10.0. The predicted octanol–water partition coefficient (Wildman–Crippen LogP) is 1.08. The van der Waals surface area contributed by atoms with Crippen LogP contribution in [0.3, 0.4) is 0 Å². The molecule has 1 N–H and O–H groups in total. The van der Waals surface area contributed by atoms with Crippen LogP contribution in [-0.4, -0.2) is 54.0 Å². The van der Waals surface area contributed by atoms with E-state index in [9.17, 15) is 9.59 Å². The maximum atomic E-state index is 12.6. The van der Waals surface area contributed by atoms with Gasteiger partial charge < -0.3 is 15.0 Å². The molecule has 0 radical (unpaired) electrons. The number of pyridine rings is 1. The molecule has 0 saturated carbocycles. The molecule has 1 atom stereocenters. The van der Waals surface area contributed by atoms with Gasteiger partial charge in [-0.3, -0.25) is 14.6 Å². The standard InChI is InChI=1S/C16H23N3O3/c1-12(2)10-14(16(21)19-6-8-22-9-7-19)18-15(20)13-4-3-5-17-11-13/h3-5,11-12,14H,6-10H2,1-2H3,(H,18,20)/t14-/m0/s1. The van der Waals surface area contributed by atoms with Crippen LogP contribution in [0.4, 0.5) is 0 Å². The van der Waals surface area contributed by atoms with Gasteiger partial charge in [0.1, 0.15) is 6.04 Å². The third-order valence-corrected chi connectivity index (χ3v) is 3.56. The van der Waals surface area contributed by atoms with Crippen molar-refractivity contribution in [2.45, 2.75) is 26.3 Å². The molecule has 1 fully saturated rings. The first-order chi connectivity index (χ1) is 10.6. The van der Waals surface area contributed by atoms with E-state index >= 15 is 0 Å². The van der Waals surface area contributed by atoms with E-state index in [2.05, 4.69) is 10.3 Å². The molecule has 1 aliphatic rings. The molecule has 1 saturated heterocycles. The summed E-state index contributed by atoms with van der Waals surface area (Å²) in [5.41, 5.74) is 0.464. The molecule has 0 aliphatic carbocycles. The average molecular weight is 305 g/mol. The fraction of sp³-hybridized carbons (Fsp3) is 0.562. The lowest BCUT2D eigenvalue weighted by molar-refractivity contribution is -0.137. The van der Waals surface area contributed by atoms with Crippen molar-refractivity contribution in [1.82, 2.24) is 15.2 Å². The summed E-state index contributed by atoms with van der Waals surface area (Å²) < 4.78 is 5.27. The normalized spacial score (nSPS) is 16.4. The van der Waals surface area contributed by atoms with Crippen molar-refractivity contribution >= 4 is 11.8 Å². The van der Waals surface area contributed by atoms with Gasteiger partial charge in [0.15, 0.2) is 0 Å². The van der Waals surface area contributed by atoms with E-state index in [-0.39, 0.29) is 11.8 Å². The van der Waals surface area contributed by atoms with Gasteiger partial charge in [-0.2, -0.15) is 0 Å². The summed E-state index contributed by atoms with van der Waals surface area (Å²) in [4.78, 5) is 30.6. The second kappa shape index (κ2) is 7.89. The Balaban J connectivity index is 2.05. The molecule has 0 aromatic carbocycles. The van der Waals surface area contributed by atoms with E-state index in [0.29, 0.717) is 44.2 Å². The van der Waals surface area contributed by atoms with Crippen LogP contribution in [-0.2, 0) is 9.53 Å². The second-order valence-corrected chi connectivity index (χ2v) is 5.83. The third-order valence-electron chi connectivity index (χ3n) is 3.56. The first-order valence-corrected chi connectivity index (χ1v) is 7.65. The largest absolute Gasteiger partial charge is 0.378 e. The molecular formula is C16H23N3O3. The van der Waals surface area contributed by atoms with Gasteiger partial charge in [0.2, 0.25) is 5.91 Å². The van der Waals surface area contributed by atoms with Gasteiger partial charge in [0.05, 0.1) is 18.8 Å². The van der Waals surface area contributed by atoms with Gasteiger partial charge in [-0.25, -0.2) is 0 Å². The number of ether oxygens (including phenoxy) is 1. The summed E-state index contributed by atoms with van der Waals surface area (Å²) >= 11 is 0. The SMILES string of the molecule is CC(C)C[C@H](NC(=O)c1cccnc1)C(=O)N1CCOCC1. The third kappa shape index (κ3) is 4.53. The number of hydrogen-bond donors (Lipinski definition) is 1. The molecular weight excluding hydrogens is 282 g/mol. The van der Waals surface area contributed by atoms with Crippen molar-refractivity contribution in [2.24, 2.45) is 5.92 Å². The quantitative estimate of drug-likeness (QED) is 0.884. The van der Waals surface area contributed by atoms with Crippen LogP contribution in [0.5, 0.6) is 0 Å². The number of amides is 2. The summed E-state index contributed by atoms with van der Waals surface area (Å²) in [6.07, 6.45) is 3.73. The van der Waals surface area contributed by atoms with Crippen LogP contribution < -0.4 is 5.32 Å². The molecule has 120 valence electrons. The highest BCUT2D eigenvalue weighted by molar-refractivity contribution is 5.97. The fourth-order valence-electron chi connectivity index (χ4n) is 2.44. The molecule has 6 nitrogen and oxygen atoms in total. The number of carbonyl (C=O) groups excluding carboxylic acids is 2. The van der Waals surface area contributed by atoms with Crippen LogP contribution in [0.15, 0.2) is 24.5 Å². The van der Waals surface area contributed by atoms with Crippen molar-refractivity contribution in [1.29, 1.82) is 0 Å². The van der Waals surface area contributed by atoms with E-state index in [4.69, 9.17) is 4.74 Å². The lowest BCUT2D eigenvalue weighted by Crippen LogP contribution is -2.52. The van der Waals surface area contributed by atoms with Crippen molar-refractivity contribution in [3.05, 3.63) is 30.1 Å². The summed E-state index contributed by atoms with van der Waals surface area (Å²) in [7, 11) is 0. The summed E-state index contributed by atoms with van der Waals surface area (Å²) in [5.74, 6) is 0.0128. The molecule has 0 bridgehead atoms. The predicted molar refractivity (Wildman–Crippen MR) is 82.3 cm³/mol. The van der Waals surface area contributed by atoms with Gasteiger partial charge in [-0.15, -0.1) is 0 Å². The summed E-state index contributed by atoms with van der Waals surface area (Å²) in [6.45, 7) is 6.34. The Morgan fingerprint density at radius 2 is 2.09 bits per heavy atom. The Kier molecular flexibility index (Phi) is 5.89. The van der Waals surface area contributed by atoms with Gasteiger partial charge in [-0.05, 0) is 24.5 Å². The number of hydrogen-bond acceptors (Lipinski definition) is 4. The van der Waals surface area contributed by atoms with Crippen molar-refractivity contribution in [3.63, 3.8) is 0 Å². The van der Waals surface area contributed by atoms with E-state index in [1.807, 2.05) is 13.8 Å². The molecule has 1 aromatic heterocycles. The minimum atomic E-state index is -0.509. The molecule has 2 heterocycles. The van der Waals surface area contributed by atoms with Crippen molar-refractivity contribution in [2.75, 3.05) is 26.3 Å². The van der Waals surface area contributed by atoms with Gasteiger partial charge in [0, 0.05) is 25.5 Å². The number of rotatable bonds is 5. The maximum Gasteiger partial charge on any atom is 0.253 e. The molecule has 1 aliphatic heterocycles. The highest BCUT2D eigenvalue weighted by atomic mass is 16.5. The zero-order chi connectivity index (χ0) is 15.9. The number of aromatic nitrogens is 1. The Morgan fingerprint density at radius 3 is 2.68 bits per heavy atom. The van der Waals surface area contributed by atoms with Gasteiger partial charge in [-0.1, -0.05) is 13.8 Å². The zero-order valence-corrected chi connectivity index (χ0v) is 13.1. The Hall–Kier alpha value is -1.95. The van der Waals surface area contributed by atoms with Crippen LogP contribution in [0.25, 0.3) is 0 Å². The van der Waals surface area contributed by atoms with Gasteiger partial charge >= 0.3 is 0 Å². The molecule has 0 unspecified atom stereocenters. The molecule has 2 amide bonds. The monoisotopic (exact) mass is 305 g/mol. The minimum Gasteiger partial charge on any atom is -0.378 e. The number of nitrogens with one attached hydrogen (secondary N) is 1. The van der Waals surface area contributed by atoms with E-state index < -0.39 is 6.04 Å². The lowest BCUT2D eigenvalue weighted by Gasteiger charge is -2.31. The number of carbonyl (C=O) groups is 2. The molecule has 6 heteroatoms. The van der Waals surface area contributed by atoms with Crippen LogP contribution in [0, 0.1) is 5.92 Å². The fourth-order valence-corrected chi connectivity index (χ4v) is 2.44. The molecule has 0 spiro atoms. The molecule has 2 rings (SSSR count). The van der Waals surface area contributed by atoms with Gasteiger partial charge in [0.25, 0.3) is 5.91 Å². The smallest absolute Gasteiger partial charge is 0.253 e. The minimum absolute atomic E-state index is 0.0331. The first kappa shape index (κ1) is 16.4. The average Bonchev–Trinajstić information content (AvgIpc) is 2.54. The van der Waals surface area contributed by atoms with Crippen molar-refractivity contribution in [3.8, 4) is 0 Å². The molecule has 1 aromatic rings. The van der Waals surface area contributed by atoms with Crippen LogP contribution in [0.2, 0.25) is 0 Å². The van der Waals surface area contributed by atoms with Crippen LogP contribution >= 0.6 is 0 Å². The van der Waals surface area contributed by atoms with Crippen molar-refractivity contribution < 1.29 is 14.3 Å². The van der Waals surface area contributed by atoms with E-state index in [1.54, 1.807) is 23.2 Å². The summed E-state index contributed by atoms with van der Waals surface area (Å²) in [6, 6.07) is 2.88. The Morgan fingerprint density at radius 1 is 1.36 bits per heavy atom.